The van der Waals surface area contributed by atoms with Gasteiger partial charge in [0.2, 0.25) is 0 Å². The van der Waals surface area contributed by atoms with Crippen molar-refractivity contribution in [1.82, 2.24) is 4.90 Å². The van der Waals surface area contributed by atoms with E-state index >= 15 is 0 Å². The summed E-state index contributed by atoms with van der Waals surface area (Å²) < 4.78 is 5.26. The van der Waals surface area contributed by atoms with Gasteiger partial charge in [0.05, 0.1) is 12.7 Å². The molecule has 1 saturated carbocycles. The van der Waals surface area contributed by atoms with Crippen molar-refractivity contribution in [2.75, 3.05) is 20.8 Å². The number of nitrogens with zero attached hydrogens (tertiary/aromatic N) is 1. The number of ether oxygens (including phenoxy) is 1. The summed E-state index contributed by atoms with van der Waals surface area (Å²) >= 11 is 0. The van der Waals surface area contributed by atoms with Crippen molar-refractivity contribution in [3.05, 3.63) is 29.3 Å². The second kappa shape index (κ2) is 5.90. The molecule has 0 atom stereocenters. The SMILES string of the molecule is COc1ccc(CN(C)C2CC2)cc1C#CCO. The van der Waals surface area contributed by atoms with Crippen molar-refractivity contribution in [3.63, 3.8) is 0 Å². The van der Waals surface area contributed by atoms with Gasteiger partial charge in [0.15, 0.2) is 0 Å². The summed E-state index contributed by atoms with van der Waals surface area (Å²) in [4.78, 5) is 2.37. The van der Waals surface area contributed by atoms with E-state index in [0.29, 0.717) is 0 Å². The van der Waals surface area contributed by atoms with Crippen LogP contribution in [0.2, 0.25) is 0 Å². The first-order chi connectivity index (χ1) is 8.74. The third kappa shape index (κ3) is 3.25. The Morgan fingerprint density at radius 1 is 1.44 bits per heavy atom. The van der Waals surface area contributed by atoms with E-state index in [2.05, 4.69) is 29.9 Å². The molecule has 0 heterocycles. The Bertz CT molecular complexity index is 469. The molecule has 18 heavy (non-hydrogen) atoms. The van der Waals surface area contributed by atoms with Gasteiger partial charge in [-0.15, -0.1) is 0 Å². The Hall–Kier alpha value is -1.50. The van der Waals surface area contributed by atoms with E-state index in [1.54, 1.807) is 7.11 Å². The number of methoxy groups -OCH3 is 1. The Balaban J connectivity index is 2.15. The fraction of sp³-hybridized carbons (Fsp3) is 0.467. The van der Waals surface area contributed by atoms with Crippen LogP contribution in [-0.2, 0) is 6.54 Å². The number of hydrogen-bond acceptors (Lipinski definition) is 3. The van der Waals surface area contributed by atoms with E-state index in [9.17, 15) is 0 Å². The molecule has 1 N–H and O–H groups in total. The minimum atomic E-state index is -0.130. The molecule has 0 aliphatic heterocycles. The molecule has 3 nitrogen and oxygen atoms in total. The molecular weight excluding hydrogens is 226 g/mol. The maximum atomic E-state index is 8.76. The molecule has 1 aliphatic rings. The lowest BCUT2D eigenvalue weighted by Gasteiger charge is -2.16. The predicted molar refractivity (Wildman–Crippen MR) is 71.4 cm³/mol. The van der Waals surface area contributed by atoms with Crippen LogP contribution >= 0.6 is 0 Å². The summed E-state index contributed by atoms with van der Waals surface area (Å²) in [5, 5.41) is 8.76. The van der Waals surface area contributed by atoms with Crippen LogP contribution in [0, 0.1) is 11.8 Å². The van der Waals surface area contributed by atoms with E-state index in [1.807, 2.05) is 12.1 Å². The highest BCUT2D eigenvalue weighted by Gasteiger charge is 2.25. The summed E-state index contributed by atoms with van der Waals surface area (Å²) in [5.41, 5.74) is 2.07. The lowest BCUT2D eigenvalue weighted by molar-refractivity contribution is 0.316. The van der Waals surface area contributed by atoms with Gasteiger partial charge in [-0.1, -0.05) is 17.9 Å². The molecule has 0 amide bonds. The lowest BCUT2D eigenvalue weighted by atomic mass is 10.1. The first-order valence-electron chi connectivity index (χ1n) is 6.21. The van der Waals surface area contributed by atoms with Gasteiger partial charge in [-0.25, -0.2) is 0 Å². The monoisotopic (exact) mass is 245 g/mol. The molecule has 96 valence electrons. The van der Waals surface area contributed by atoms with Crippen molar-refractivity contribution < 1.29 is 9.84 Å². The first-order valence-corrected chi connectivity index (χ1v) is 6.21. The van der Waals surface area contributed by atoms with Gasteiger partial charge >= 0.3 is 0 Å². The van der Waals surface area contributed by atoms with Crippen LogP contribution in [0.15, 0.2) is 18.2 Å². The van der Waals surface area contributed by atoms with Crippen molar-refractivity contribution in [2.45, 2.75) is 25.4 Å². The quantitative estimate of drug-likeness (QED) is 0.818. The maximum Gasteiger partial charge on any atom is 0.134 e. The normalized spacial score (nSPS) is 14.2. The summed E-state index contributed by atoms with van der Waals surface area (Å²) in [6.45, 7) is 0.803. The maximum absolute atomic E-state index is 8.76. The summed E-state index contributed by atoms with van der Waals surface area (Å²) in [7, 11) is 3.79. The van der Waals surface area contributed by atoms with Gasteiger partial charge in [0.1, 0.15) is 12.4 Å². The number of benzene rings is 1. The number of aliphatic hydroxyl groups excluding tert-OH is 1. The smallest absolute Gasteiger partial charge is 0.134 e. The average Bonchev–Trinajstić information content (AvgIpc) is 3.20. The topological polar surface area (TPSA) is 32.7 Å². The van der Waals surface area contributed by atoms with Crippen LogP contribution in [0.5, 0.6) is 5.75 Å². The minimum Gasteiger partial charge on any atom is -0.495 e. The second-order valence-electron chi connectivity index (χ2n) is 4.64. The van der Waals surface area contributed by atoms with E-state index < -0.39 is 0 Å². The van der Waals surface area contributed by atoms with Gasteiger partial charge in [-0.2, -0.15) is 0 Å². The minimum absolute atomic E-state index is 0.130. The van der Waals surface area contributed by atoms with Gasteiger partial charge < -0.3 is 9.84 Å². The Kier molecular flexibility index (Phi) is 4.24. The zero-order chi connectivity index (χ0) is 13.0. The molecule has 0 unspecified atom stereocenters. The zero-order valence-electron chi connectivity index (χ0n) is 10.9. The van der Waals surface area contributed by atoms with Crippen LogP contribution in [0.1, 0.15) is 24.0 Å². The average molecular weight is 245 g/mol. The summed E-state index contributed by atoms with van der Waals surface area (Å²) in [5.74, 6) is 6.35. The Labute approximate surface area is 108 Å². The fourth-order valence-electron chi connectivity index (χ4n) is 2.02. The largest absolute Gasteiger partial charge is 0.495 e. The van der Waals surface area contributed by atoms with Crippen molar-refractivity contribution in [1.29, 1.82) is 0 Å². The van der Waals surface area contributed by atoms with Gasteiger partial charge in [-0.3, -0.25) is 4.90 Å². The third-order valence-corrected chi connectivity index (χ3v) is 3.17. The van der Waals surface area contributed by atoms with Crippen LogP contribution in [0.25, 0.3) is 0 Å². The van der Waals surface area contributed by atoms with Gasteiger partial charge in [0.25, 0.3) is 0 Å². The first kappa shape index (κ1) is 12.9. The van der Waals surface area contributed by atoms with Crippen LogP contribution in [0.4, 0.5) is 0 Å². The Morgan fingerprint density at radius 2 is 2.22 bits per heavy atom. The summed E-state index contributed by atoms with van der Waals surface area (Å²) in [6, 6.07) is 6.80. The lowest BCUT2D eigenvalue weighted by Crippen LogP contribution is -2.19. The fourth-order valence-corrected chi connectivity index (χ4v) is 2.02. The molecule has 1 aromatic carbocycles. The number of rotatable bonds is 4. The third-order valence-electron chi connectivity index (χ3n) is 3.17. The zero-order valence-corrected chi connectivity index (χ0v) is 10.9. The summed E-state index contributed by atoms with van der Waals surface area (Å²) in [6.07, 6.45) is 2.62. The standard InChI is InChI=1S/C15H19NO2/c1-16(14-6-7-14)11-12-5-8-15(18-2)13(10-12)4-3-9-17/h5,8,10,14,17H,6-7,9,11H2,1-2H3. The highest BCUT2D eigenvalue weighted by molar-refractivity contribution is 5.48. The molecule has 1 aliphatic carbocycles. The second-order valence-corrected chi connectivity index (χ2v) is 4.64. The van der Waals surface area contributed by atoms with Gasteiger partial charge in [-0.05, 0) is 37.6 Å². The predicted octanol–water partition coefficient (Wildman–Crippen LogP) is 1.63. The molecule has 3 heteroatoms. The molecule has 0 saturated heterocycles. The highest BCUT2D eigenvalue weighted by Crippen LogP contribution is 2.27. The van der Waals surface area contributed by atoms with Gasteiger partial charge in [0, 0.05) is 12.6 Å². The molecule has 1 fully saturated rings. The molecular formula is C15H19NO2. The number of hydrogen-bond donors (Lipinski definition) is 1. The molecule has 0 aromatic heterocycles. The molecule has 0 bridgehead atoms. The number of aliphatic hydroxyl groups is 1. The van der Waals surface area contributed by atoms with Crippen LogP contribution in [0.3, 0.4) is 0 Å². The van der Waals surface area contributed by atoms with Crippen LogP contribution < -0.4 is 4.74 Å². The van der Waals surface area contributed by atoms with Crippen molar-refractivity contribution in [2.24, 2.45) is 0 Å². The molecule has 2 rings (SSSR count). The highest BCUT2D eigenvalue weighted by atomic mass is 16.5. The van der Waals surface area contributed by atoms with Crippen LogP contribution in [-0.4, -0.2) is 36.8 Å². The molecule has 1 aromatic rings. The van der Waals surface area contributed by atoms with E-state index in [4.69, 9.17) is 9.84 Å². The van der Waals surface area contributed by atoms with Crippen molar-refractivity contribution in [3.8, 4) is 17.6 Å². The van der Waals surface area contributed by atoms with E-state index in [0.717, 1.165) is 23.9 Å². The van der Waals surface area contributed by atoms with Crippen molar-refractivity contribution >= 4 is 0 Å². The molecule has 0 radical (unpaired) electrons. The molecule has 0 spiro atoms. The Morgan fingerprint density at radius 3 is 2.83 bits per heavy atom. The van der Waals surface area contributed by atoms with E-state index in [1.165, 1.54) is 18.4 Å². The van der Waals surface area contributed by atoms with E-state index in [-0.39, 0.29) is 6.61 Å².